The first-order valence-corrected chi connectivity index (χ1v) is 8.67. The molecule has 0 saturated heterocycles. The number of aliphatic hydroxyl groups is 1. The van der Waals surface area contributed by atoms with Crippen molar-refractivity contribution in [3.8, 4) is 0 Å². The van der Waals surface area contributed by atoms with Crippen molar-refractivity contribution in [2.24, 2.45) is 7.05 Å². The number of nitrogens with zero attached hydrogens (tertiary/aromatic N) is 3. The number of aliphatic hydroxyl groups excluding tert-OH is 1. The average Bonchev–Trinajstić information content (AvgIpc) is 2.90. The van der Waals surface area contributed by atoms with Gasteiger partial charge in [0.05, 0.1) is 12.7 Å². The maximum absolute atomic E-state index is 9.26. The summed E-state index contributed by atoms with van der Waals surface area (Å²) in [7, 11) is 1.95. The van der Waals surface area contributed by atoms with Crippen LogP contribution in [0.2, 0.25) is 5.15 Å². The van der Waals surface area contributed by atoms with Crippen LogP contribution in [0.25, 0.3) is 0 Å². The lowest BCUT2D eigenvalue weighted by molar-refractivity contribution is 0.147. The summed E-state index contributed by atoms with van der Waals surface area (Å²) >= 11 is 6.13. The molecular formula is C18H24ClN3O. The third-order valence-electron chi connectivity index (χ3n) is 4.75. The van der Waals surface area contributed by atoms with E-state index < -0.39 is 0 Å². The van der Waals surface area contributed by atoms with Gasteiger partial charge in [-0.2, -0.15) is 0 Å². The minimum atomic E-state index is 0.214. The van der Waals surface area contributed by atoms with Crippen LogP contribution in [0, 0.1) is 0 Å². The molecule has 5 heteroatoms. The highest BCUT2D eigenvalue weighted by atomic mass is 35.5. The third kappa shape index (κ3) is 3.60. The maximum atomic E-state index is 9.26. The molecule has 0 spiro atoms. The molecule has 0 saturated carbocycles. The Morgan fingerprint density at radius 2 is 2.22 bits per heavy atom. The highest BCUT2D eigenvalue weighted by Crippen LogP contribution is 2.35. The van der Waals surface area contributed by atoms with E-state index in [0.29, 0.717) is 11.2 Å². The molecule has 3 rings (SSSR count). The van der Waals surface area contributed by atoms with E-state index >= 15 is 0 Å². The largest absolute Gasteiger partial charge is 0.396 e. The lowest BCUT2D eigenvalue weighted by atomic mass is 9.86. The molecule has 1 aliphatic rings. The molecule has 0 fully saturated rings. The predicted octanol–water partition coefficient (Wildman–Crippen LogP) is 3.34. The molecular weight excluding hydrogens is 310 g/mol. The van der Waals surface area contributed by atoms with Gasteiger partial charge in [0.1, 0.15) is 11.0 Å². The monoisotopic (exact) mass is 333 g/mol. The zero-order valence-corrected chi connectivity index (χ0v) is 14.3. The summed E-state index contributed by atoms with van der Waals surface area (Å²) in [6.45, 7) is 1.83. The molecule has 1 unspecified atom stereocenters. The second-order valence-electron chi connectivity index (χ2n) is 6.21. The minimum Gasteiger partial charge on any atom is -0.396 e. The first-order valence-electron chi connectivity index (χ1n) is 8.29. The van der Waals surface area contributed by atoms with Crippen LogP contribution in [0.15, 0.2) is 30.5 Å². The molecule has 1 aliphatic carbocycles. The molecule has 4 nitrogen and oxygen atoms in total. The second kappa shape index (κ2) is 7.47. The highest BCUT2D eigenvalue weighted by Gasteiger charge is 2.26. The molecule has 1 heterocycles. The van der Waals surface area contributed by atoms with Gasteiger partial charge in [-0.3, -0.25) is 4.90 Å². The Morgan fingerprint density at radius 3 is 2.96 bits per heavy atom. The molecule has 0 amide bonds. The fourth-order valence-corrected chi connectivity index (χ4v) is 3.63. The van der Waals surface area contributed by atoms with Crippen molar-refractivity contribution in [2.45, 2.75) is 38.3 Å². The lowest BCUT2D eigenvalue weighted by Gasteiger charge is -2.35. The Kier molecular flexibility index (Phi) is 5.36. The number of benzene rings is 1. The van der Waals surface area contributed by atoms with Crippen LogP contribution in [0.1, 0.15) is 42.3 Å². The van der Waals surface area contributed by atoms with E-state index in [1.165, 1.54) is 17.5 Å². The molecule has 124 valence electrons. The van der Waals surface area contributed by atoms with Gasteiger partial charge in [0, 0.05) is 26.2 Å². The Morgan fingerprint density at radius 1 is 1.39 bits per heavy atom. The van der Waals surface area contributed by atoms with Crippen molar-refractivity contribution < 1.29 is 5.11 Å². The second-order valence-corrected chi connectivity index (χ2v) is 6.60. The van der Waals surface area contributed by atoms with Crippen molar-refractivity contribution in [2.75, 3.05) is 13.2 Å². The number of hydrogen-bond donors (Lipinski definition) is 1. The normalized spacial score (nSPS) is 17.5. The Bertz CT molecular complexity index is 655. The molecule has 0 bridgehead atoms. The van der Waals surface area contributed by atoms with Crippen molar-refractivity contribution >= 4 is 11.6 Å². The van der Waals surface area contributed by atoms with Gasteiger partial charge in [-0.25, -0.2) is 4.98 Å². The molecule has 1 aromatic carbocycles. The summed E-state index contributed by atoms with van der Waals surface area (Å²) < 4.78 is 1.93. The third-order valence-corrected chi connectivity index (χ3v) is 5.11. The van der Waals surface area contributed by atoms with Gasteiger partial charge in [-0.15, -0.1) is 0 Å². The van der Waals surface area contributed by atoms with E-state index in [2.05, 4.69) is 34.1 Å². The average molecular weight is 334 g/mol. The summed E-state index contributed by atoms with van der Waals surface area (Å²) in [5.74, 6) is 0.969. The fourth-order valence-electron chi connectivity index (χ4n) is 3.48. The smallest absolute Gasteiger partial charge is 0.128 e. The van der Waals surface area contributed by atoms with E-state index in [4.69, 9.17) is 11.6 Å². The van der Waals surface area contributed by atoms with Gasteiger partial charge in [-0.05, 0) is 36.8 Å². The van der Waals surface area contributed by atoms with Crippen molar-refractivity contribution in [3.63, 3.8) is 0 Å². The zero-order valence-electron chi connectivity index (χ0n) is 13.6. The first kappa shape index (κ1) is 16.5. The van der Waals surface area contributed by atoms with E-state index in [1.807, 2.05) is 11.6 Å². The highest BCUT2D eigenvalue weighted by molar-refractivity contribution is 6.29. The Hall–Kier alpha value is -1.36. The van der Waals surface area contributed by atoms with Gasteiger partial charge in [-0.1, -0.05) is 35.9 Å². The molecule has 2 aromatic rings. The van der Waals surface area contributed by atoms with Gasteiger partial charge in [0.2, 0.25) is 0 Å². The number of aromatic nitrogens is 2. The Balaban J connectivity index is 1.86. The summed E-state index contributed by atoms with van der Waals surface area (Å²) in [5, 5.41) is 9.92. The van der Waals surface area contributed by atoms with Crippen molar-refractivity contribution in [1.29, 1.82) is 0 Å². The van der Waals surface area contributed by atoms with Crippen LogP contribution >= 0.6 is 11.6 Å². The molecule has 0 radical (unpaired) electrons. The number of halogens is 1. The summed E-state index contributed by atoms with van der Waals surface area (Å²) in [4.78, 5) is 6.88. The van der Waals surface area contributed by atoms with Gasteiger partial charge in [0.25, 0.3) is 0 Å². The first-order chi connectivity index (χ1) is 11.2. The molecule has 1 N–H and O–H groups in total. The van der Waals surface area contributed by atoms with E-state index in [0.717, 1.165) is 38.2 Å². The zero-order chi connectivity index (χ0) is 16.2. The summed E-state index contributed by atoms with van der Waals surface area (Å²) in [5.41, 5.74) is 2.88. The molecule has 0 aliphatic heterocycles. The fraction of sp³-hybridized carbons (Fsp3) is 0.500. The lowest BCUT2D eigenvalue weighted by Crippen LogP contribution is -2.33. The predicted molar refractivity (Wildman–Crippen MR) is 92.5 cm³/mol. The quantitative estimate of drug-likeness (QED) is 0.881. The van der Waals surface area contributed by atoms with Crippen molar-refractivity contribution in [1.82, 2.24) is 14.5 Å². The van der Waals surface area contributed by atoms with Crippen LogP contribution < -0.4 is 0 Å². The minimum absolute atomic E-state index is 0.214. The van der Waals surface area contributed by atoms with Gasteiger partial charge in [0.15, 0.2) is 0 Å². The number of imidazole rings is 1. The standard InChI is InChI=1S/C18H24ClN3O/c1-21-17(19)12-20-18(21)13-22(10-5-11-23)16-9-4-7-14-6-2-3-8-15(14)16/h2-3,6,8,12,16,23H,4-5,7,9-11,13H2,1H3. The molecule has 1 atom stereocenters. The van der Waals surface area contributed by atoms with E-state index in [9.17, 15) is 5.11 Å². The van der Waals surface area contributed by atoms with Crippen LogP contribution in [0.3, 0.4) is 0 Å². The van der Waals surface area contributed by atoms with E-state index in [-0.39, 0.29) is 6.61 Å². The number of aryl methyl sites for hydroxylation is 1. The van der Waals surface area contributed by atoms with Crippen LogP contribution in [-0.2, 0) is 20.0 Å². The summed E-state index contributed by atoms with van der Waals surface area (Å²) in [6.07, 6.45) is 6.00. The molecule has 23 heavy (non-hydrogen) atoms. The van der Waals surface area contributed by atoms with Crippen LogP contribution in [0.4, 0.5) is 0 Å². The Labute approximate surface area is 142 Å². The van der Waals surface area contributed by atoms with Crippen LogP contribution in [-0.4, -0.2) is 32.7 Å². The number of hydrogen-bond acceptors (Lipinski definition) is 3. The SMILES string of the molecule is Cn1c(Cl)cnc1CN(CCCO)C1CCCc2ccccc21. The van der Waals surface area contributed by atoms with Crippen molar-refractivity contribution in [3.05, 3.63) is 52.6 Å². The summed E-state index contributed by atoms with van der Waals surface area (Å²) in [6, 6.07) is 9.12. The van der Waals surface area contributed by atoms with E-state index in [1.54, 1.807) is 6.20 Å². The van der Waals surface area contributed by atoms with Crippen LogP contribution in [0.5, 0.6) is 0 Å². The number of rotatable bonds is 6. The maximum Gasteiger partial charge on any atom is 0.128 e. The molecule has 1 aromatic heterocycles. The van der Waals surface area contributed by atoms with Gasteiger partial charge < -0.3 is 9.67 Å². The topological polar surface area (TPSA) is 41.3 Å². The van der Waals surface area contributed by atoms with Gasteiger partial charge >= 0.3 is 0 Å². The number of fused-ring (bicyclic) bond motifs is 1.